The highest BCUT2D eigenvalue weighted by molar-refractivity contribution is 7.22. The highest BCUT2D eigenvalue weighted by atomic mass is 32.1. The summed E-state index contributed by atoms with van der Waals surface area (Å²) < 4.78 is 3.22. The molecule has 1 atom stereocenters. The SMILES string of the molecule is c1ccc(CCn2nnnc2[C@H](c2ccccc2)N2CCN(c3nc4ccccc4s3)CC2)cc1. The van der Waals surface area contributed by atoms with Crippen LogP contribution >= 0.6 is 11.3 Å². The third-order valence-corrected chi connectivity index (χ3v) is 7.70. The van der Waals surface area contributed by atoms with Crippen molar-refractivity contribution in [3.63, 3.8) is 0 Å². The number of thiazole rings is 1. The predicted molar refractivity (Wildman–Crippen MR) is 140 cm³/mol. The topological polar surface area (TPSA) is 63.0 Å². The van der Waals surface area contributed by atoms with E-state index in [9.17, 15) is 0 Å². The van der Waals surface area contributed by atoms with Crippen molar-refractivity contribution in [3.8, 4) is 0 Å². The van der Waals surface area contributed by atoms with Gasteiger partial charge in [0.05, 0.1) is 16.3 Å². The Morgan fingerprint density at radius 2 is 1.51 bits per heavy atom. The van der Waals surface area contributed by atoms with Crippen LogP contribution in [0.1, 0.15) is 23.0 Å². The van der Waals surface area contributed by atoms with Gasteiger partial charge in [-0.2, -0.15) is 0 Å². The van der Waals surface area contributed by atoms with Crippen LogP contribution in [0.2, 0.25) is 0 Å². The molecule has 1 aliphatic rings. The second kappa shape index (κ2) is 9.93. The number of anilines is 1. The summed E-state index contributed by atoms with van der Waals surface area (Å²) in [4.78, 5) is 9.78. The molecule has 0 saturated carbocycles. The molecule has 5 aromatic rings. The lowest BCUT2D eigenvalue weighted by Gasteiger charge is -2.38. The fourth-order valence-corrected chi connectivity index (χ4v) is 5.79. The van der Waals surface area contributed by atoms with Crippen molar-refractivity contribution in [1.29, 1.82) is 0 Å². The first-order valence-corrected chi connectivity index (χ1v) is 12.9. The number of tetrazole rings is 1. The van der Waals surface area contributed by atoms with Gasteiger partial charge in [0.2, 0.25) is 0 Å². The summed E-state index contributed by atoms with van der Waals surface area (Å²) in [7, 11) is 0. The molecule has 0 unspecified atom stereocenters. The van der Waals surface area contributed by atoms with E-state index in [0.717, 1.165) is 55.6 Å². The number of fused-ring (bicyclic) bond motifs is 1. The highest BCUT2D eigenvalue weighted by Gasteiger charge is 2.31. The van der Waals surface area contributed by atoms with E-state index < -0.39 is 0 Å². The minimum absolute atomic E-state index is 0.0134. The Labute approximate surface area is 208 Å². The lowest BCUT2D eigenvalue weighted by molar-refractivity contribution is 0.200. The molecule has 1 fully saturated rings. The molecule has 176 valence electrons. The van der Waals surface area contributed by atoms with E-state index in [1.807, 2.05) is 10.7 Å². The second-order valence-corrected chi connectivity index (χ2v) is 9.81. The Hall–Kier alpha value is -3.62. The molecule has 1 saturated heterocycles. The summed E-state index contributed by atoms with van der Waals surface area (Å²) in [5, 5.41) is 14.1. The Bertz CT molecular complexity index is 1340. The van der Waals surface area contributed by atoms with Crippen LogP contribution in [0.3, 0.4) is 0 Å². The van der Waals surface area contributed by atoms with Crippen molar-refractivity contribution in [2.75, 3.05) is 31.1 Å². The number of aryl methyl sites for hydroxylation is 2. The largest absolute Gasteiger partial charge is 0.345 e. The van der Waals surface area contributed by atoms with E-state index in [1.165, 1.54) is 15.8 Å². The number of benzene rings is 3. The molecule has 2 aromatic heterocycles. The van der Waals surface area contributed by atoms with Gasteiger partial charge in [-0.15, -0.1) is 5.10 Å². The van der Waals surface area contributed by atoms with E-state index >= 15 is 0 Å². The molecule has 3 heterocycles. The minimum atomic E-state index is 0.0134. The van der Waals surface area contributed by atoms with Crippen molar-refractivity contribution in [2.45, 2.75) is 19.0 Å². The average molecular weight is 482 g/mol. The van der Waals surface area contributed by atoms with E-state index in [4.69, 9.17) is 4.98 Å². The summed E-state index contributed by atoms with van der Waals surface area (Å²) in [6.07, 6.45) is 0.895. The molecular formula is C27H27N7S. The van der Waals surface area contributed by atoms with Gasteiger partial charge < -0.3 is 4.90 Å². The molecule has 0 radical (unpaired) electrons. The fraction of sp³-hybridized carbons (Fsp3) is 0.259. The zero-order valence-corrected chi connectivity index (χ0v) is 20.3. The maximum atomic E-state index is 4.87. The molecule has 35 heavy (non-hydrogen) atoms. The maximum absolute atomic E-state index is 4.87. The Balaban J connectivity index is 1.23. The van der Waals surface area contributed by atoms with Crippen LogP contribution in [0.4, 0.5) is 5.13 Å². The van der Waals surface area contributed by atoms with Gasteiger partial charge in [0, 0.05) is 32.7 Å². The summed E-state index contributed by atoms with van der Waals surface area (Å²) in [6, 6.07) is 29.5. The van der Waals surface area contributed by atoms with Crippen LogP contribution in [-0.2, 0) is 13.0 Å². The molecule has 8 heteroatoms. The van der Waals surface area contributed by atoms with E-state index in [0.29, 0.717) is 0 Å². The van der Waals surface area contributed by atoms with Crippen LogP contribution in [0.25, 0.3) is 10.2 Å². The number of hydrogen-bond acceptors (Lipinski definition) is 7. The van der Waals surface area contributed by atoms with Gasteiger partial charge in [0.15, 0.2) is 11.0 Å². The molecule has 1 aliphatic heterocycles. The molecule has 0 aliphatic carbocycles. The highest BCUT2D eigenvalue weighted by Crippen LogP contribution is 2.32. The lowest BCUT2D eigenvalue weighted by atomic mass is 10.0. The Morgan fingerprint density at radius 1 is 0.800 bits per heavy atom. The molecule has 3 aromatic carbocycles. The van der Waals surface area contributed by atoms with E-state index in [-0.39, 0.29) is 6.04 Å². The first kappa shape index (κ1) is 21.9. The van der Waals surface area contributed by atoms with Crippen molar-refractivity contribution >= 4 is 26.7 Å². The standard InChI is InChI=1S/C27H27N7S/c1-3-9-21(10-4-1)15-16-34-26(29-30-31-34)25(22-11-5-2-6-12-22)32-17-19-33(20-18-32)27-28-23-13-7-8-14-24(23)35-27/h1-14,25H,15-20H2/t25-/m0/s1. The summed E-state index contributed by atoms with van der Waals surface area (Å²) >= 11 is 1.77. The van der Waals surface area contributed by atoms with Crippen LogP contribution in [0.5, 0.6) is 0 Å². The zero-order valence-electron chi connectivity index (χ0n) is 19.4. The van der Waals surface area contributed by atoms with Gasteiger partial charge in [-0.3, -0.25) is 4.90 Å². The number of aromatic nitrogens is 5. The summed E-state index contributed by atoms with van der Waals surface area (Å²) in [5.74, 6) is 0.903. The Kier molecular flexibility index (Phi) is 6.21. The minimum Gasteiger partial charge on any atom is -0.345 e. The van der Waals surface area contributed by atoms with Crippen molar-refractivity contribution in [2.24, 2.45) is 0 Å². The third-order valence-electron chi connectivity index (χ3n) is 6.61. The fourth-order valence-electron chi connectivity index (χ4n) is 4.77. The molecule has 6 rings (SSSR count). The first-order chi connectivity index (χ1) is 17.3. The normalized spacial score (nSPS) is 15.5. The van der Waals surface area contributed by atoms with Crippen molar-refractivity contribution < 1.29 is 0 Å². The number of rotatable bonds is 7. The Morgan fingerprint density at radius 3 is 2.29 bits per heavy atom. The maximum Gasteiger partial charge on any atom is 0.186 e. The van der Waals surface area contributed by atoms with Gasteiger partial charge in [-0.1, -0.05) is 84.1 Å². The monoisotopic (exact) mass is 481 g/mol. The predicted octanol–water partition coefficient (Wildman–Crippen LogP) is 4.44. The number of para-hydroxylation sites is 1. The van der Waals surface area contributed by atoms with Crippen LogP contribution in [0, 0.1) is 0 Å². The number of piperazine rings is 1. The molecule has 0 amide bonds. The number of nitrogens with zero attached hydrogens (tertiary/aromatic N) is 7. The number of hydrogen-bond donors (Lipinski definition) is 0. The van der Waals surface area contributed by atoms with Crippen molar-refractivity contribution in [3.05, 3.63) is 102 Å². The first-order valence-electron chi connectivity index (χ1n) is 12.0. The van der Waals surface area contributed by atoms with Crippen LogP contribution in [-0.4, -0.2) is 56.3 Å². The van der Waals surface area contributed by atoms with Crippen LogP contribution in [0.15, 0.2) is 84.9 Å². The van der Waals surface area contributed by atoms with E-state index in [1.54, 1.807) is 11.3 Å². The smallest absolute Gasteiger partial charge is 0.186 e. The van der Waals surface area contributed by atoms with Gasteiger partial charge in [0.25, 0.3) is 0 Å². The summed E-state index contributed by atoms with van der Waals surface area (Å²) in [6.45, 7) is 4.44. The van der Waals surface area contributed by atoms with E-state index in [2.05, 4.69) is 104 Å². The molecule has 7 nitrogen and oxygen atoms in total. The lowest BCUT2D eigenvalue weighted by Crippen LogP contribution is -2.48. The molecule has 0 bridgehead atoms. The molecule has 0 N–H and O–H groups in total. The van der Waals surface area contributed by atoms with Crippen molar-refractivity contribution in [1.82, 2.24) is 30.1 Å². The zero-order chi connectivity index (χ0) is 23.5. The van der Waals surface area contributed by atoms with Gasteiger partial charge in [-0.25, -0.2) is 9.67 Å². The van der Waals surface area contributed by atoms with Gasteiger partial charge in [0.1, 0.15) is 0 Å². The average Bonchev–Trinajstić information content (AvgIpc) is 3.57. The second-order valence-electron chi connectivity index (χ2n) is 8.80. The van der Waals surface area contributed by atoms with Gasteiger partial charge >= 0.3 is 0 Å². The summed E-state index contributed by atoms with van der Waals surface area (Å²) in [5.41, 5.74) is 3.58. The van der Waals surface area contributed by atoms with Gasteiger partial charge in [-0.05, 0) is 40.1 Å². The third kappa shape index (κ3) is 4.67. The van der Waals surface area contributed by atoms with Crippen LogP contribution < -0.4 is 4.90 Å². The molecular weight excluding hydrogens is 454 g/mol. The quantitative estimate of drug-likeness (QED) is 0.343. The molecule has 0 spiro atoms.